The minimum atomic E-state index is -1.45. The number of halogens is 3. The summed E-state index contributed by atoms with van der Waals surface area (Å²) in [5.74, 6) is -3.83. The Morgan fingerprint density at radius 2 is 1.50 bits per heavy atom. The number of rotatable bonds is 4. The van der Waals surface area contributed by atoms with E-state index in [0.717, 1.165) is 17.8 Å². The Balaban J connectivity index is 1.95. The molecule has 0 aliphatic heterocycles. The van der Waals surface area contributed by atoms with Crippen LogP contribution in [0.1, 0.15) is 5.56 Å². The average molecular weight is 252 g/mol. The summed E-state index contributed by atoms with van der Waals surface area (Å²) in [5.41, 5.74) is 6.78. The fraction of sp³-hybridized carbons (Fsp3) is 0.0769. The van der Waals surface area contributed by atoms with Crippen LogP contribution in [0, 0.1) is 17.5 Å². The Labute approximate surface area is 102 Å². The van der Waals surface area contributed by atoms with Gasteiger partial charge in [-0.25, -0.2) is 18.6 Å². The summed E-state index contributed by atoms with van der Waals surface area (Å²) in [6.07, 6.45) is 0. The Hall–Kier alpha value is -2.01. The van der Waals surface area contributed by atoms with Crippen LogP contribution in [0.3, 0.4) is 0 Å². The lowest BCUT2D eigenvalue weighted by Crippen LogP contribution is -2.21. The molecule has 0 fully saturated rings. The van der Waals surface area contributed by atoms with Gasteiger partial charge in [-0.2, -0.15) is 0 Å². The van der Waals surface area contributed by atoms with E-state index in [2.05, 4.69) is 10.9 Å². The third-order valence-corrected chi connectivity index (χ3v) is 2.34. The summed E-state index contributed by atoms with van der Waals surface area (Å²) >= 11 is 0. The van der Waals surface area contributed by atoms with Gasteiger partial charge in [0.1, 0.15) is 0 Å². The van der Waals surface area contributed by atoms with E-state index in [-0.39, 0.29) is 6.54 Å². The van der Waals surface area contributed by atoms with Crippen molar-refractivity contribution in [3.63, 3.8) is 0 Å². The molecule has 2 aromatic carbocycles. The molecule has 0 radical (unpaired) electrons. The minimum absolute atomic E-state index is 0.170. The summed E-state index contributed by atoms with van der Waals surface area (Å²) < 4.78 is 38.6. The van der Waals surface area contributed by atoms with Crippen molar-refractivity contribution in [2.75, 3.05) is 5.43 Å². The second-order valence-corrected chi connectivity index (χ2v) is 3.72. The summed E-state index contributed by atoms with van der Waals surface area (Å²) in [5, 5.41) is 0. The van der Waals surface area contributed by atoms with Crippen molar-refractivity contribution in [1.29, 1.82) is 0 Å². The van der Waals surface area contributed by atoms with Crippen LogP contribution in [0.2, 0.25) is 0 Å². The highest BCUT2D eigenvalue weighted by molar-refractivity contribution is 5.41. The Kier molecular flexibility index (Phi) is 3.84. The number of anilines is 1. The molecule has 2 nitrogen and oxygen atoms in total. The maximum atomic E-state index is 12.9. The van der Waals surface area contributed by atoms with Gasteiger partial charge in [0.25, 0.3) is 0 Å². The predicted molar refractivity (Wildman–Crippen MR) is 63.2 cm³/mol. The molecule has 0 bridgehead atoms. The lowest BCUT2D eigenvalue weighted by molar-refractivity contribution is 0.444. The van der Waals surface area contributed by atoms with Crippen molar-refractivity contribution in [2.24, 2.45) is 0 Å². The molecule has 0 amide bonds. The first kappa shape index (κ1) is 12.4. The van der Waals surface area contributed by atoms with E-state index in [0.29, 0.717) is 5.56 Å². The second kappa shape index (κ2) is 5.55. The van der Waals surface area contributed by atoms with Gasteiger partial charge in [0.2, 0.25) is 0 Å². The first-order valence-corrected chi connectivity index (χ1v) is 5.34. The zero-order valence-corrected chi connectivity index (χ0v) is 9.38. The fourth-order valence-corrected chi connectivity index (χ4v) is 1.48. The molecule has 0 saturated heterocycles. The lowest BCUT2D eigenvalue weighted by atomic mass is 10.2. The molecule has 0 aliphatic rings. The van der Waals surface area contributed by atoms with E-state index in [9.17, 15) is 13.2 Å². The highest BCUT2D eigenvalue weighted by Crippen LogP contribution is 2.13. The van der Waals surface area contributed by atoms with Crippen molar-refractivity contribution >= 4 is 5.69 Å². The van der Waals surface area contributed by atoms with Gasteiger partial charge in [-0.1, -0.05) is 18.2 Å². The van der Waals surface area contributed by atoms with Crippen LogP contribution in [0.4, 0.5) is 18.9 Å². The van der Waals surface area contributed by atoms with Crippen molar-refractivity contribution in [3.05, 3.63) is 65.5 Å². The average Bonchev–Trinajstić information content (AvgIpc) is 2.37. The topological polar surface area (TPSA) is 24.1 Å². The fourth-order valence-electron chi connectivity index (χ4n) is 1.48. The first-order chi connectivity index (χ1) is 8.66. The van der Waals surface area contributed by atoms with Crippen LogP contribution in [0.5, 0.6) is 0 Å². The summed E-state index contributed by atoms with van der Waals surface area (Å²) in [4.78, 5) is 0. The molecule has 94 valence electrons. The molecule has 0 saturated carbocycles. The highest BCUT2D eigenvalue weighted by Gasteiger charge is 2.09. The van der Waals surface area contributed by atoms with Crippen LogP contribution in [0.15, 0.2) is 42.5 Å². The van der Waals surface area contributed by atoms with Gasteiger partial charge in [-0.05, 0) is 29.8 Å². The third kappa shape index (κ3) is 3.01. The van der Waals surface area contributed by atoms with Gasteiger partial charge in [0, 0.05) is 12.2 Å². The summed E-state index contributed by atoms with van der Waals surface area (Å²) in [7, 11) is 0. The van der Waals surface area contributed by atoms with E-state index in [1.807, 2.05) is 30.3 Å². The number of hydrogen-bond acceptors (Lipinski definition) is 2. The van der Waals surface area contributed by atoms with E-state index >= 15 is 0 Å². The number of para-hydroxylation sites is 1. The van der Waals surface area contributed by atoms with E-state index < -0.39 is 17.5 Å². The van der Waals surface area contributed by atoms with Gasteiger partial charge in [-0.3, -0.25) is 0 Å². The number of hydrogen-bond donors (Lipinski definition) is 2. The quantitative estimate of drug-likeness (QED) is 0.645. The van der Waals surface area contributed by atoms with Gasteiger partial charge < -0.3 is 5.43 Å². The molecule has 5 heteroatoms. The van der Waals surface area contributed by atoms with E-state index in [1.54, 1.807) is 0 Å². The molecule has 2 aromatic rings. The highest BCUT2D eigenvalue weighted by atomic mass is 19.2. The molecule has 0 unspecified atom stereocenters. The Morgan fingerprint density at radius 1 is 0.889 bits per heavy atom. The van der Waals surface area contributed by atoms with Gasteiger partial charge in [0.15, 0.2) is 17.5 Å². The van der Waals surface area contributed by atoms with Gasteiger partial charge in [-0.15, -0.1) is 0 Å². The summed E-state index contributed by atoms with van der Waals surface area (Å²) in [6, 6.07) is 11.1. The standard InChI is InChI=1S/C13H11F3N2/c14-11-6-9(7-12(15)13(11)16)8-17-18-10-4-2-1-3-5-10/h1-7,17-18H,8H2. The van der Waals surface area contributed by atoms with Crippen LogP contribution >= 0.6 is 0 Å². The number of benzene rings is 2. The largest absolute Gasteiger partial charge is 0.321 e. The second-order valence-electron chi connectivity index (χ2n) is 3.72. The predicted octanol–water partition coefficient (Wildman–Crippen LogP) is 3.22. The molecule has 18 heavy (non-hydrogen) atoms. The summed E-state index contributed by atoms with van der Waals surface area (Å²) in [6.45, 7) is 0.170. The zero-order chi connectivity index (χ0) is 13.0. The maximum absolute atomic E-state index is 12.9. The van der Waals surface area contributed by atoms with Gasteiger partial charge >= 0.3 is 0 Å². The third-order valence-electron chi connectivity index (χ3n) is 2.34. The number of hydrazine groups is 1. The number of nitrogens with one attached hydrogen (secondary N) is 2. The van der Waals surface area contributed by atoms with E-state index in [1.165, 1.54) is 0 Å². The lowest BCUT2D eigenvalue weighted by Gasteiger charge is -2.08. The van der Waals surface area contributed by atoms with Crippen LogP contribution < -0.4 is 10.9 Å². The van der Waals surface area contributed by atoms with Crippen LogP contribution in [-0.2, 0) is 6.54 Å². The van der Waals surface area contributed by atoms with E-state index in [4.69, 9.17) is 0 Å². The van der Waals surface area contributed by atoms with Gasteiger partial charge in [0.05, 0.1) is 0 Å². The molecule has 2 N–H and O–H groups in total. The van der Waals surface area contributed by atoms with Crippen molar-refractivity contribution in [1.82, 2.24) is 5.43 Å². The van der Waals surface area contributed by atoms with Crippen molar-refractivity contribution < 1.29 is 13.2 Å². The molecule has 0 aromatic heterocycles. The molecule has 0 heterocycles. The van der Waals surface area contributed by atoms with Crippen molar-refractivity contribution in [3.8, 4) is 0 Å². The first-order valence-electron chi connectivity index (χ1n) is 5.34. The Bertz CT molecular complexity index is 506. The monoisotopic (exact) mass is 252 g/mol. The van der Waals surface area contributed by atoms with Crippen LogP contribution in [-0.4, -0.2) is 0 Å². The molecule has 0 aliphatic carbocycles. The smallest absolute Gasteiger partial charge is 0.194 e. The molecule has 0 atom stereocenters. The van der Waals surface area contributed by atoms with Crippen molar-refractivity contribution in [2.45, 2.75) is 6.54 Å². The maximum Gasteiger partial charge on any atom is 0.194 e. The molecular formula is C13H11F3N2. The zero-order valence-electron chi connectivity index (χ0n) is 9.38. The minimum Gasteiger partial charge on any atom is -0.321 e. The SMILES string of the molecule is Fc1cc(CNNc2ccccc2)cc(F)c1F. The molecule has 2 rings (SSSR count). The normalized spacial score (nSPS) is 10.4. The molecule has 0 spiro atoms. The van der Waals surface area contributed by atoms with Crippen LogP contribution in [0.25, 0.3) is 0 Å². The molecular weight excluding hydrogens is 241 g/mol. The Morgan fingerprint density at radius 3 is 2.11 bits per heavy atom.